The van der Waals surface area contributed by atoms with E-state index in [1.165, 1.54) is 25.7 Å². The summed E-state index contributed by atoms with van der Waals surface area (Å²) in [6.07, 6.45) is 11.9. The summed E-state index contributed by atoms with van der Waals surface area (Å²) in [5, 5.41) is 11.6. The van der Waals surface area contributed by atoms with Crippen LogP contribution in [0.15, 0.2) is 12.2 Å². The summed E-state index contributed by atoms with van der Waals surface area (Å²) in [5.41, 5.74) is 0. The second kappa shape index (κ2) is 16.0. The van der Waals surface area contributed by atoms with Crippen LogP contribution in [0.3, 0.4) is 0 Å². The molecule has 0 bridgehead atoms. The van der Waals surface area contributed by atoms with E-state index in [0.29, 0.717) is 39.0 Å². The molecule has 0 rings (SSSR count). The Morgan fingerprint density at radius 1 is 1.00 bits per heavy atom. The van der Waals surface area contributed by atoms with Crippen molar-refractivity contribution in [2.24, 2.45) is 0 Å². The largest absolute Gasteiger partial charge is 0.481 e. The molecule has 0 unspecified atom stereocenters. The molecule has 2 N–H and O–H groups in total. The lowest BCUT2D eigenvalue weighted by atomic mass is 10.1. The van der Waals surface area contributed by atoms with Gasteiger partial charge in [0, 0.05) is 12.8 Å². The molecule has 22 heavy (non-hydrogen) atoms. The minimum atomic E-state index is -0.774. The number of hydrogen-bond acceptors (Lipinski definition) is 4. The molecule has 0 atom stereocenters. The average molecular weight is 313 g/mol. The van der Waals surface area contributed by atoms with E-state index < -0.39 is 5.97 Å². The van der Waals surface area contributed by atoms with Gasteiger partial charge in [0.1, 0.15) is 6.61 Å². The molecule has 128 valence electrons. The molecule has 0 aromatic rings. The van der Waals surface area contributed by atoms with Gasteiger partial charge in [-0.3, -0.25) is 9.59 Å². The van der Waals surface area contributed by atoms with Crippen molar-refractivity contribution in [3.8, 4) is 0 Å². The Morgan fingerprint density at radius 2 is 1.73 bits per heavy atom. The van der Waals surface area contributed by atoms with Crippen LogP contribution in [0.25, 0.3) is 0 Å². The summed E-state index contributed by atoms with van der Waals surface area (Å²) in [7, 11) is 0. The molecule has 0 aliphatic rings. The number of unbranched alkanes of at least 4 members (excludes halogenated alkanes) is 4. The van der Waals surface area contributed by atoms with Crippen LogP contribution in [0.2, 0.25) is 0 Å². The minimum Gasteiger partial charge on any atom is -0.481 e. The van der Waals surface area contributed by atoms with Crippen molar-refractivity contribution in [1.82, 2.24) is 5.32 Å². The lowest BCUT2D eigenvalue weighted by Gasteiger charge is -2.04. The van der Waals surface area contributed by atoms with E-state index in [2.05, 4.69) is 18.3 Å². The van der Waals surface area contributed by atoms with Crippen LogP contribution in [0, 0.1) is 0 Å². The predicted octanol–water partition coefficient (Wildman–Crippen LogP) is 3.29. The van der Waals surface area contributed by atoms with Gasteiger partial charge in [-0.25, -0.2) is 0 Å². The molecule has 0 saturated carbocycles. The zero-order valence-corrected chi connectivity index (χ0v) is 13.8. The summed E-state index contributed by atoms with van der Waals surface area (Å²) >= 11 is 0. The average Bonchev–Trinajstić information content (AvgIpc) is 2.48. The molecule has 0 aliphatic heterocycles. The Kier molecular flexibility index (Phi) is 15.0. The summed E-state index contributed by atoms with van der Waals surface area (Å²) in [5.74, 6) is -0.952. The van der Waals surface area contributed by atoms with Crippen LogP contribution in [0.1, 0.15) is 64.7 Å². The van der Waals surface area contributed by atoms with Gasteiger partial charge in [0.2, 0.25) is 0 Å². The van der Waals surface area contributed by atoms with E-state index in [0.717, 1.165) is 6.42 Å². The molecule has 0 aliphatic carbocycles. The van der Waals surface area contributed by atoms with Crippen molar-refractivity contribution in [2.75, 3.05) is 19.7 Å². The van der Waals surface area contributed by atoms with Crippen LogP contribution in [0.4, 0.5) is 0 Å². The van der Waals surface area contributed by atoms with Gasteiger partial charge in [-0.05, 0) is 38.8 Å². The van der Waals surface area contributed by atoms with Gasteiger partial charge in [-0.15, -0.1) is 0 Å². The summed E-state index contributed by atoms with van der Waals surface area (Å²) in [4.78, 5) is 21.7. The number of nitrogens with one attached hydrogen (secondary N) is 1. The van der Waals surface area contributed by atoms with Crippen LogP contribution in [-0.4, -0.2) is 36.7 Å². The van der Waals surface area contributed by atoms with Gasteiger partial charge in [-0.2, -0.15) is 0 Å². The highest BCUT2D eigenvalue weighted by molar-refractivity contribution is 5.69. The van der Waals surface area contributed by atoms with Crippen molar-refractivity contribution in [3.05, 3.63) is 12.2 Å². The van der Waals surface area contributed by atoms with Crippen LogP contribution < -0.4 is 5.32 Å². The number of ether oxygens (including phenoxy) is 1. The number of hydrogen-bond donors (Lipinski definition) is 2. The van der Waals surface area contributed by atoms with Crippen molar-refractivity contribution in [2.45, 2.75) is 64.7 Å². The number of aliphatic carboxylic acids is 1. The Balaban J connectivity index is 3.29. The van der Waals surface area contributed by atoms with E-state index in [1.807, 2.05) is 6.08 Å². The smallest absolute Gasteiger partial charge is 0.306 e. The van der Waals surface area contributed by atoms with Crippen LogP contribution >= 0.6 is 0 Å². The highest BCUT2D eigenvalue weighted by Crippen LogP contribution is 2.02. The summed E-state index contributed by atoms with van der Waals surface area (Å²) < 4.78 is 5.10. The molecular weight excluding hydrogens is 282 g/mol. The fourth-order valence-electron chi connectivity index (χ4n) is 1.94. The van der Waals surface area contributed by atoms with E-state index in [-0.39, 0.29) is 12.4 Å². The van der Waals surface area contributed by atoms with Crippen molar-refractivity contribution >= 4 is 11.9 Å². The first-order chi connectivity index (χ1) is 10.7. The van der Waals surface area contributed by atoms with Gasteiger partial charge in [-0.1, -0.05) is 38.3 Å². The van der Waals surface area contributed by atoms with Crippen molar-refractivity contribution in [1.29, 1.82) is 0 Å². The first-order valence-corrected chi connectivity index (χ1v) is 8.40. The Bertz CT molecular complexity index is 316. The topological polar surface area (TPSA) is 75.6 Å². The maximum atomic E-state index is 11.4. The predicted molar refractivity (Wildman–Crippen MR) is 87.8 cm³/mol. The number of carboxylic acid groups (broad SMARTS) is 1. The number of rotatable bonds is 15. The second-order valence-corrected chi connectivity index (χ2v) is 5.35. The van der Waals surface area contributed by atoms with Gasteiger partial charge >= 0.3 is 11.9 Å². The van der Waals surface area contributed by atoms with E-state index in [9.17, 15) is 9.59 Å². The number of allylic oxidation sites excluding steroid dienone is 1. The normalized spacial score (nSPS) is 11.0. The van der Waals surface area contributed by atoms with E-state index in [4.69, 9.17) is 9.84 Å². The van der Waals surface area contributed by atoms with E-state index >= 15 is 0 Å². The molecule has 0 aromatic heterocycles. The zero-order chi connectivity index (χ0) is 16.5. The molecule has 0 amide bonds. The molecule has 0 aromatic carbocycles. The molecule has 5 nitrogen and oxygen atoms in total. The first-order valence-electron chi connectivity index (χ1n) is 8.40. The Morgan fingerprint density at radius 3 is 2.41 bits per heavy atom. The fraction of sp³-hybridized carbons (Fsp3) is 0.765. The molecule has 0 spiro atoms. The molecule has 5 heteroatoms. The maximum Gasteiger partial charge on any atom is 0.306 e. The second-order valence-electron chi connectivity index (χ2n) is 5.35. The molecule has 0 radical (unpaired) electrons. The molecule has 0 saturated heterocycles. The van der Waals surface area contributed by atoms with Gasteiger partial charge < -0.3 is 15.2 Å². The maximum absolute atomic E-state index is 11.4. The lowest BCUT2D eigenvalue weighted by Crippen LogP contribution is -2.18. The molecular formula is C17H31NO4. The third kappa shape index (κ3) is 16.7. The third-order valence-corrected chi connectivity index (χ3v) is 3.21. The summed E-state index contributed by atoms with van der Waals surface area (Å²) in [6, 6.07) is 0. The SMILES string of the molecule is CCCCCC/C=C\COC(=O)CCCNCCCC(=O)O. The van der Waals surface area contributed by atoms with Gasteiger partial charge in [0.15, 0.2) is 0 Å². The molecule has 0 heterocycles. The third-order valence-electron chi connectivity index (χ3n) is 3.21. The standard InChI is InChI=1S/C17H31NO4/c1-2-3-4-5-6-7-8-15-22-17(21)12-10-14-18-13-9-11-16(19)20/h7-8,18H,2-6,9-15H2,1H3,(H,19,20)/b8-7-. The number of carbonyl (C=O) groups excluding carboxylic acids is 1. The van der Waals surface area contributed by atoms with Crippen molar-refractivity contribution in [3.63, 3.8) is 0 Å². The Labute approximate surface area is 134 Å². The summed E-state index contributed by atoms with van der Waals surface area (Å²) in [6.45, 7) is 3.93. The monoisotopic (exact) mass is 313 g/mol. The lowest BCUT2D eigenvalue weighted by molar-refractivity contribution is -0.142. The minimum absolute atomic E-state index is 0.178. The molecule has 0 fully saturated rings. The number of carbonyl (C=O) groups is 2. The quantitative estimate of drug-likeness (QED) is 0.276. The van der Waals surface area contributed by atoms with Crippen LogP contribution in [-0.2, 0) is 14.3 Å². The number of carboxylic acids is 1. The zero-order valence-electron chi connectivity index (χ0n) is 13.8. The highest BCUT2D eigenvalue weighted by atomic mass is 16.5. The van der Waals surface area contributed by atoms with Gasteiger partial charge in [0.05, 0.1) is 0 Å². The number of esters is 1. The highest BCUT2D eigenvalue weighted by Gasteiger charge is 2.01. The van der Waals surface area contributed by atoms with Gasteiger partial charge in [0.25, 0.3) is 0 Å². The Hall–Kier alpha value is -1.36. The van der Waals surface area contributed by atoms with Crippen LogP contribution in [0.5, 0.6) is 0 Å². The van der Waals surface area contributed by atoms with E-state index in [1.54, 1.807) is 0 Å². The first kappa shape index (κ1) is 20.6. The van der Waals surface area contributed by atoms with Crippen molar-refractivity contribution < 1.29 is 19.4 Å². The fourth-order valence-corrected chi connectivity index (χ4v) is 1.94.